The Hall–Kier alpha value is -4.32. The van der Waals surface area contributed by atoms with Crippen LogP contribution < -0.4 is 15.4 Å². The first kappa shape index (κ1) is 25.8. The minimum absolute atomic E-state index is 0.246. The summed E-state index contributed by atoms with van der Waals surface area (Å²) < 4.78 is 5.85. The molecule has 0 aliphatic carbocycles. The molecule has 37 heavy (non-hydrogen) atoms. The summed E-state index contributed by atoms with van der Waals surface area (Å²) in [4.78, 5) is 24.3. The van der Waals surface area contributed by atoms with Crippen molar-refractivity contribution < 1.29 is 14.3 Å². The highest BCUT2D eigenvalue weighted by Crippen LogP contribution is 2.24. The van der Waals surface area contributed by atoms with Crippen LogP contribution in [0.4, 0.5) is 11.4 Å². The van der Waals surface area contributed by atoms with E-state index >= 15 is 0 Å². The number of ether oxygens (including phenoxy) is 1. The molecule has 2 N–H and O–H groups in total. The van der Waals surface area contributed by atoms with Gasteiger partial charge in [-0.05, 0) is 96.1 Å². The lowest BCUT2D eigenvalue weighted by molar-refractivity contribution is -0.112. The second kappa shape index (κ2) is 12.6. The van der Waals surface area contributed by atoms with Gasteiger partial charge >= 0.3 is 0 Å². The maximum atomic E-state index is 12.2. The van der Waals surface area contributed by atoms with Crippen LogP contribution >= 0.6 is 23.2 Å². The summed E-state index contributed by atoms with van der Waals surface area (Å²) in [6.45, 7) is 0. The highest BCUT2D eigenvalue weighted by molar-refractivity contribution is 6.30. The number of halogens is 2. The highest BCUT2D eigenvalue weighted by Gasteiger charge is 2.03. The average Bonchev–Trinajstić information content (AvgIpc) is 2.90. The molecule has 0 saturated heterocycles. The topological polar surface area (TPSA) is 67.4 Å². The van der Waals surface area contributed by atoms with E-state index in [9.17, 15) is 9.59 Å². The van der Waals surface area contributed by atoms with Gasteiger partial charge in [0.05, 0.1) is 0 Å². The second-order valence-electron chi connectivity index (χ2n) is 7.90. The van der Waals surface area contributed by atoms with Crippen molar-refractivity contribution in [2.75, 3.05) is 10.6 Å². The minimum atomic E-state index is -0.246. The van der Waals surface area contributed by atoms with Crippen molar-refractivity contribution in [3.63, 3.8) is 0 Å². The molecule has 0 aliphatic heterocycles. The van der Waals surface area contributed by atoms with Gasteiger partial charge in [-0.3, -0.25) is 9.59 Å². The molecule has 7 heteroatoms. The first-order chi connectivity index (χ1) is 17.9. The normalized spacial score (nSPS) is 11.0. The van der Waals surface area contributed by atoms with Crippen LogP contribution in [0.25, 0.3) is 12.2 Å². The Morgan fingerprint density at radius 1 is 0.541 bits per heavy atom. The zero-order chi connectivity index (χ0) is 26.0. The smallest absolute Gasteiger partial charge is 0.248 e. The lowest BCUT2D eigenvalue weighted by atomic mass is 10.2. The number of amides is 2. The van der Waals surface area contributed by atoms with E-state index in [0.29, 0.717) is 32.9 Å². The maximum absolute atomic E-state index is 12.2. The van der Waals surface area contributed by atoms with Crippen molar-refractivity contribution in [2.24, 2.45) is 0 Å². The van der Waals surface area contributed by atoms with E-state index in [2.05, 4.69) is 10.6 Å². The number of carbonyl (C=O) groups excluding carboxylic acids is 2. The van der Waals surface area contributed by atoms with Gasteiger partial charge in [0.2, 0.25) is 11.8 Å². The molecule has 0 bridgehead atoms. The van der Waals surface area contributed by atoms with E-state index in [1.807, 2.05) is 24.3 Å². The van der Waals surface area contributed by atoms with Gasteiger partial charge in [0.1, 0.15) is 11.5 Å². The molecule has 4 rings (SSSR count). The molecule has 4 aromatic carbocycles. The van der Waals surface area contributed by atoms with E-state index in [0.717, 1.165) is 11.1 Å². The largest absolute Gasteiger partial charge is 0.457 e. The number of carbonyl (C=O) groups is 2. The average molecular weight is 529 g/mol. The zero-order valence-electron chi connectivity index (χ0n) is 19.5. The summed E-state index contributed by atoms with van der Waals surface area (Å²) in [5.74, 6) is 0.725. The van der Waals surface area contributed by atoms with E-state index < -0.39 is 0 Å². The molecule has 184 valence electrons. The van der Waals surface area contributed by atoms with E-state index in [4.69, 9.17) is 27.9 Å². The van der Waals surface area contributed by atoms with Crippen molar-refractivity contribution in [3.8, 4) is 11.5 Å². The Balaban J connectivity index is 1.26. The molecule has 0 spiro atoms. The summed E-state index contributed by atoms with van der Waals surface area (Å²) in [5, 5.41) is 6.90. The number of rotatable bonds is 8. The van der Waals surface area contributed by atoms with Crippen LogP contribution in [0.5, 0.6) is 11.5 Å². The molecule has 0 unspecified atom stereocenters. The lowest BCUT2D eigenvalue weighted by Crippen LogP contribution is -2.07. The Labute approximate surface area is 225 Å². The maximum Gasteiger partial charge on any atom is 0.248 e. The van der Waals surface area contributed by atoms with Crippen LogP contribution in [0.2, 0.25) is 10.0 Å². The zero-order valence-corrected chi connectivity index (χ0v) is 21.0. The molecule has 0 saturated carbocycles. The van der Waals surface area contributed by atoms with Gasteiger partial charge in [0, 0.05) is 33.6 Å². The first-order valence-electron chi connectivity index (χ1n) is 11.3. The summed E-state index contributed by atoms with van der Waals surface area (Å²) in [5.41, 5.74) is 3.04. The van der Waals surface area contributed by atoms with Crippen molar-refractivity contribution in [2.45, 2.75) is 0 Å². The molecule has 0 aliphatic rings. The molecule has 0 fully saturated rings. The van der Waals surface area contributed by atoms with E-state index in [-0.39, 0.29) is 11.8 Å². The number of anilines is 2. The Morgan fingerprint density at radius 3 is 1.24 bits per heavy atom. The van der Waals surface area contributed by atoms with Crippen LogP contribution in [0.3, 0.4) is 0 Å². The van der Waals surface area contributed by atoms with Gasteiger partial charge in [-0.1, -0.05) is 47.5 Å². The molecule has 0 atom stereocenters. The monoisotopic (exact) mass is 528 g/mol. The van der Waals surface area contributed by atoms with Crippen LogP contribution in [0.1, 0.15) is 11.1 Å². The number of hydrogen-bond acceptors (Lipinski definition) is 3. The fourth-order valence-electron chi connectivity index (χ4n) is 3.21. The van der Waals surface area contributed by atoms with Crippen LogP contribution in [0, 0.1) is 0 Å². The Bertz CT molecular complexity index is 1300. The van der Waals surface area contributed by atoms with Gasteiger partial charge in [-0.25, -0.2) is 0 Å². The highest BCUT2D eigenvalue weighted by atomic mass is 35.5. The summed E-state index contributed by atoms with van der Waals surface area (Å²) in [6.07, 6.45) is 6.35. The van der Waals surface area contributed by atoms with Crippen molar-refractivity contribution in [1.29, 1.82) is 0 Å². The second-order valence-corrected chi connectivity index (χ2v) is 8.77. The first-order valence-corrected chi connectivity index (χ1v) is 12.1. The van der Waals surface area contributed by atoms with Gasteiger partial charge in [-0.2, -0.15) is 0 Å². The van der Waals surface area contributed by atoms with Crippen LogP contribution in [-0.2, 0) is 9.59 Å². The van der Waals surface area contributed by atoms with Crippen LogP contribution in [0.15, 0.2) is 109 Å². The molecule has 5 nitrogen and oxygen atoms in total. The predicted octanol–water partition coefficient (Wildman–Crippen LogP) is 8.09. The third-order valence-corrected chi connectivity index (χ3v) is 5.58. The van der Waals surface area contributed by atoms with Gasteiger partial charge < -0.3 is 15.4 Å². The van der Waals surface area contributed by atoms with Crippen molar-refractivity contribution in [3.05, 3.63) is 130 Å². The van der Waals surface area contributed by atoms with E-state index in [1.165, 1.54) is 12.2 Å². The molecule has 0 radical (unpaired) electrons. The molecular formula is C30H22Cl2N2O3. The number of benzene rings is 4. The van der Waals surface area contributed by atoms with Gasteiger partial charge in [-0.15, -0.1) is 0 Å². The number of hydrogen-bond donors (Lipinski definition) is 2. The molecule has 2 amide bonds. The Morgan fingerprint density at radius 2 is 0.892 bits per heavy atom. The van der Waals surface area contributed by atoms with Gasteiger partial charge in [0.25, 0.3) is 0 Å². The lowest BCUT2D eigenvalue weighted by Gasteiger charge is -2.08. The fraction of sp³-hybridized carbons (Fsp3) is 0. The number of nitrogens with one attached hydrogen (secondary N) is 2. The van der Waals surface area contributed by atoms with Crippen LogP contribution in [-0.4, -0.2) is 11.8 Å². The molecular weight excluding hydrogens is 507 g/mol. The third kappa shape index (κ3) is 8.39. The predicted molar refractivity (Wildman–Crippen MR) is 151 cm³/mol. The molecule has 0 heterocycles. The molecule has 4 aromatic rings. The Kier molecular flexibility index (Phi) is 8.76. The summed E-state index contributed by atoms with van der Waals surface area (Å²) >= 11 is 11.7. The SMILES string of the molecule is O=C(C=Cc1ccc(Cl)cc1)Nc1ccc(Oc2ccc(NC(=O)C=Cc3ccc(Cl)cc3)cc2)cc1. The van der Waals surface area contributed by atoms with E-state index in [1.54, 1.807) is 84.9 Å². The minimum Gasteiger partial charge on any atom is -0.457 e. The fourth-order valence-corrected chi connectivity index (χ4v) is 3.46. The summed E-state index contributed by atoms with van der Waals surface area (Å²) in [7, 11) is 0. The molecule has 0 aromatic heterocycles. The summed E-state index contributed by atoms with van der Waals surface area (Å²) in [6, 6.07) is 28.5. The standard InChI is InChI=1S/C30H22Cl2N2O3/c31-23-7-1-21(2-8-23)5-19-29(35)33-25-11-15-27(16-12-25)37-28-17-13-26(14-18-28)34-30(36)20-6-22-3-9-24(32)10-4-22/h1-20H,(H,33,35)(H,34,36). The third-order valence-electron chi connectivity index (χ3n) is 5.07. The van der Waals surface area contributed by atoms with Crippen molar-refractivity contribution >= 4 is 58.5 Å². The quantitative estimate of drug-likeness (QED) is 0.227. The van der Waals surface area contributed by atoms with Gasteiger partial charge in [0.15, 0.2) is 0 Å². The van der Waals surface area contributed by atoms with Crippen molar-refractivity contribution in [1.82, 2.24) is 0 Å².